The molecule has 2 heterocycles. The molecule has 2 fully saturated rings. The zero-order valence-electron chi connectivity index (χ0n) is 23.7. The van der Waals surface area contributed by atoms with Gasteiger partial charge in [-0.2, -0.15) is 0 Å². The molecule has 0 bridgehead atoms. The van der Waals surface area contributed by atoms with E-state index in [4.69, 9.17) is 9.47 Å². The zero-order valence-corrected chi connectivity index (χ0v) is 23.7. The fourth-order valence-corrected chi connectivity index (χ4v) is 6.02. The number of ether oxygens (including phenoxy) is 2. The monoisotopic (exact) mass is 581 g/mol. The summed E-state index contributed by atoms with van der Waals surface area (Å²) in [5, 5.41) is 6.32. The summed E-state index contributed by atoms with van der Waals surface area (Å²) in [6.45, 7) is 2.00. The molecule has 3 atom stereocenters. The highest BCUT2D eigenvalue weighted by molar-refractivity contribution is 5.98. The third-order valence-corrected chi connectivity index (χ3v) is 7.96. The van der Waals surface area contributed by atoms with Crippen LogP contribution in [0.4, 0.5) is 13.6 Å². The molecule has 9 nitrogen and oxygen atoms in total. The predicted octanol–water partition coefficient (Wildman–Crippen LogP) is 4.34. The van der Waals surface area contributed by atoms with E-state index in [1.807, 2.05) is 34.9 Å². The largest absolute Gasteiger partial charge is 0.447 e. The summed E-state index contributed by atoms with van der Waals surface area (Å²) >= 11 is 0. The van der Waals surface area contributed by atoms with Crippen LogP contribution < -0.4 is 10.6 Å². The van der Waals surface area contributed by atoms with Crippen molar-refractivity contribution in [3.63, 3.8) is 0 Å². The molecular formula is C31H37F2N5O4. The highest BCUT2D eigenvalue weighted by atomic mass is 19.1. The van der Waals surface area contributed by atoms with E-state index in [1.165, 1.54) is 12.1 Å². The molecule has 2 aliphatic rings. The molecular weight excluding hydrogens is 544 g/mol. The highest BCUT2D eigenvalue weighted by Gasteiger charge is 2.35. The molecule has 0 unspecified atom stereocenters. The first-order valence-corrected chi connectivity index (χ1v) is 14.5. The number of carbonyl (C=O) groups excluding carboxylic acids is 2. The van der Waals surface area contributed by atoms with Gasteiger partial charge in [0.25, 0.3) is 5.91 Å². The van der Waals surface area contributed by atoms with Crippen LogP contribution in [0.5, 0.6) is 0 Å². The van der Waals surface area contributed by atoms with E-state index in [0.29, 0.717) is 49.6 Å². The number of hydrogen-bond donors (Lipinski definition) is 2. The zero-order chi connectivity index (χ0) is 29.5. The van der Waals surface area contributed by atoms with Gasteiger partial charge in [0.15, 0.2) is 5.69 Å². The molecule has 1 aliphatic heterocycles. The molecule has 224 valence electrons. The lowest BCUT2D eigenvalue weighted by atomic mass is 9.89. The van der Waals surface area contributed by atoms with Gasteiger partial charge in [0.1, 0.15) is 18.2 Å². The molecule has 3 aromatic rings. The standard InChI is InChI=1S/C31H37F2N5O4/c1-41-13-14-42-31(40)36-26-9-5-6-10-27(26)38-20-35-28(29(38)22-7-3-2-4-8-22)30(39)37-12-11-34-19-25(37)17-21-15-23(32)18-24(33)16-21/h2-4,7-8,15-16,18,20,25-27,34H,5-6,9-14,17,19H2,1H3,(H,36,40)/t25-,26+,27+/m1/s1. The van der Waals surface area contributed by atoms with Crippen LogP contribution in [0.3, 0.4) is 0 Å². The van der Waals surface area contributed by atoms with Gasteiger partial charge in [-0.15, -0.1) is 0 Å². The SMILES string of the molecule is COCCOC(=O)N[C@H]1CCCC[C@@H]1n1cnc(C(=O)N2CCNC[C@H]2Cc2cc(F)cc(F)c2)c1-c1ccccc1. The van der Waals surface area contributed by atoms with Crippen LogP contribution in [0.2, 0.25) is 0 Å². The summed E-state index contributed by atoms with van der Waals surface area (Å²) < 4.78 is 40.1. The van der Waals surface area contributed by atoms with Gasteiger partial charge >= 0.3 is 6.09 Å². The Morgan fingerprint density at radius 1 is 1.07 bits per heavy atom. The molecule has 2 aromatic carbocycles. The number of amides is 2. The molecule has 0 radical (unpaired) electrons. The second-order valence-corrected chi connectivity index (χ2v) is 10.8. The van der Waals surface area contributed by atoms with Crippen LogP contribution >= 0.6 is 0 Å². The number of nitrogens with zero attached hydrogens (tertiary/aromatic N) is 3. The van der Waals surface area contributed by atoms with E-state index in [9.17, 15) is 18.4 Å². The number of carbonyl (C=O) groups is 2. The lowest BCUT2D eigenvalue weighted by molar-refractivity contribution is 0.0631. The summed E-state index contributed by atoms with van der Waals surface area (Å²) in [7, 11) is 1.55. The van der Waals surface area contributed by atoms with Crippen molar-refractivity contribution < 1.29 is 27.8 Å². The molecule has 11 heteroatoms. The number of methoxy groups -OCH3 is 1. The first-order valence-electron chi connectivity index (χ1n) is 14.5. The summed E-state index contributed by atoms with van der Waals surface area (Å²) in [5.41, 5.74) is 2.32. The Labute approximate surface area is 244 Å². The van der Waals surface area contributed by atoms with E-state index in [1.54, 1.807) is 18.3 Å². The number of benzene rings is 2. The molecule has 1 aliphatic carbocycles. The van der Waals surface area contributed by atoms with Crippen LogP contribution in [-0.2, 0) is 15.9 Å². The average Bonchev–Trinajstić information content (AvgIpc) is 3.42. The van der Waals surface area contributed by atoms with Crippen LogP contribution in [0, 0.1) is 11.6 Å². The second-order valence-electron chi connectivity index (χ2n) is 10.8. The lowest BCUT2D eigenvalue weighted by Gasteiger charge is -2.36. The maximum atomic E-state index is 14.2. The lowest BCUT2D eigenvalue weighted by Crippen LogP contribution is -2.54. The van der Waals surface area contributed by atoms with Gasteiger partial charge in [-0.25, -0.2) is 18.6 Å². The van der Waals surface area contributed by atoms with E-state index in [2.05, 4.69) is 15.6 Å². The van der Waals surface area contributed by atoms with Crippen molar-refractivity contribution in [2.45, 2.75) is 50.2 Å². The third kappa shape index (κ3) is 6.96. The van der Waals surface area contributed by atoms with Crippen molar-refractivity contribution in [2.75, 3.05) is 40.0 Å². The van der Waals surface area contributed by atoms with Crippen molar-refractivity contribution in [3.8, 4) is 11.3 Å². The number of hydrogen-bond acceptors (Lipinski definition) is 6. The first-order chi connectivity index (χ1) is 20.4. The van der Waals surface area contributed by atoms with E-state index < -0.39 is 17.7 Å². The minimum atomic E-state index is -0.644. The molecule has 1 saturated heterocycles. The maximum absolute atomic E-state index is 14.2. The summed E-state index contributed by atoms with van der Waals surface area (Å²) in [5.74, 6) is -1.53. The molecule has 42 heavy (non-hydrogen) atoms. The van der Waals surface area contributed by atoms with Crippen LogP contribution in [0.15, 0.2) is 54.9 Å². The topological polar surface area (TPSA) is 97.7 Å². The van der Waals surface area contributed by atoms with E-state index in [0.717, 1.165) is 37.3 Å². The molecule has 5 rings (SSSR count). The summed E-state index contributed by atoms with van der Waals surface area (Å²) in [6.07, 6.45) is 4.99. The van der Waals surface area contributed by atoms with Gasteiger partial charge in [0.05, 0.1) is 30.7 Å². The van der Waals surface area contributed by atoms with E-state index in [-0.39, 0.29) is 30.6 Å². The highest BCUT2D eigenvalue weighted by Crippen LogP contribution is 2.35. The normalized spacial score (nSPS) is 20.7. The molecule has 0 spiro atoms. The van der Waals surface area contributed by atoms with Gasteiger partial charge in [0.2, 0.25) is 0 Å². The van der Waals surface area contributed by atoms with Gasteiger partial charge in [0, 0.05) is 44.4 Å². The number of nitrogens with one attached hydrogen (secondary N) is 2. The van der Waals surface area contributed by atoms with Gasteiger partial charge in [-0.05, 0) is 37.0 Å². The fourth-order valence-electron chi connectivity index (χ4n) is 6.02. The fraction of sp³-hybridized carbons (Fsp3) is 0.452. The second kappa shape index (κ2) is 13.9. The van der Waals surface area contributed by atoms with E-state index >= 15 is 0 Å². The Morgan fingerprint density at radius 3 is 2.60 bits per heavy atom. The van der Waals surface area contributed by atoms with Crippen molar-refractivity contribution in [3.05, 3.63) is 77.8 Å². The number of aromatic nitrogens is 2. The van der Waals surface area contributed by atoms with Crippen LogP contribution in [0.25, 0.3) is 11.3 Å². The smallest absolute Gasteiger partial charge is 0.407 e. The first kappa shape index (κ1) is 29.7. The van der Waals surface area contributed by atoms with Crippen molar-refractivity contribution in [1.82, 2.24) is 25.1 Å². The minimum absolute atomic E-state index is 0.132. The quantitative estimate of drug-likeness (QED) is 0.365. The van der Waals surface area contributed by atoms with Crippen LogP contribution in [-0.4, -0.2) is 78.5 Å². The van der Waals surface area contributed by atoms with Crippen molar-refractivity contribution in [2.24, 2.45) is 0 Å². The Bertz CT molecular complexity index is 1350. The molecule has 1 saturated carbocycles. The summed E-state index contributed by atoms with van der Waals surface area (Å²) in [4.78, 5) is 33.2. The number of rotatable bonds is 9. The molecule has 1 aromatic heterocycles. The molecule has 2 N–H and O–H groups in total. The predicted molar refractivity (Wildman–Crippen MR) is 153 cm³/mol. The van der Waals surface area contributed by atoms with Crippen LogP contribution in [0.1, 0.15) is 47.8 Å². The number of alkyl carbamates (subject to hydrolysis) is 1. The number of piperazine rings is 1. The summed E-state index contributed by atoms with van der Waals surface area (Å²) in [6, 6.07) is 12.4. The Balaban J connectivity index is 1.45. The van der Waals surface area contributed by atoms with Crippen molar-refractivity contribution in [1.29, 1.82) is 0 Å². The molecule has 2 amide bonds. The van der Waals surface area contributed by atoms with Crippen molar-refractivity contribution >= 4 is 12.0 Å². The Hall–Kier alpha value is -3.83. The third-order valence-electron chi connectivity index (χ3n) is 7.96. The number of halogens is 2. The minimum Gasteiger partial charge on any atom is -0.447 e. The average molecular weight is 582 g/mol. The Morgan fingerprint density at radius 2 is 1.83 bits per heavy atom. The maximum Gasteiger partial charge on any atom is 0.407 e. The number of imidazole rings is 1. The van der Waals surface area contributed by atoms with Gasteiger partial charge < -0.3 is 29.6 Å². The van der Waals surface area contributed by atoms with Gasteiger partial charge in [-0.3, -0.25) is 4.79 Å². The van der Waals surface area contributed by atoms with Gasteiger partial charge in [-0.1, -0.05) is 43.2 Å². The Kier molecular flexibility index (Phi) is 9.81.